The molecule has 1 heterocycles. The molecule has 1 unspecified atom stereocenters. The Morgan fingerprint density at radius 2 is 2.50 bits per heavy atom. The molecule has 1 aliphatic rings. The fourth-order valence-electron chi connectivity index (χ4n) is 1.83. The van der Waals surface area contributed by atoms with Gasteiger partial charge in [-0.25, -0.2) is 4.98 Å². The Balaban J connectivity index is 1.93. The van der Waals surface area contributed by atoms with Gasteiger partial charge in [0.05, 0.1) is 18.1 Å². The zero-order chi connectivity index (χ0) is 9.97. The van der Waals surface area contributed by atoms with E-state index in [9.17, 15) is 0 Å². The van der Waals surface area contributed by atoms with Crippen molar-refractivity contribution >= 4 is 0 Å². The Labute approximate surface area is 84.5 Å². The second-order valence-electron chi connectivity index (χ2n) is 4.17. The predicted molar refractivity (Wildman–Crippen MR) is 55.2 cm³/mol. The summed E-state index contributed by atoms with van der Waals surface area (Å²) in [6.45, 7) is 0. The molecule has 4 nitrogen and oxygen atoms in total. The van der Waals surface area contributed by atoms with Crippen LogP contribution in [0, 0.1) is 5.92 Å². The van der Waals surface area contributed by atoms with Crippen molar-refractivity contribution in [1.29, 1.82) is 0 Å². The standard InChI is InChI=1S/C10H18N4/c1-14-7-12-6-10(14)9(13-11)5-4-8-2-3-8/h6-9,13H,2-5,11H2,1H3. The third-order valence-corrected chi connectivity index (χ3v) is 2.97. The van der Waals surface area contributed by atoms with Gasteiger partial charge in [0.1, 0.15) is 0 Å². The first-order chi connectivity index (χ1) is 6.81. The molecule has 0 aliphatic heterocycles. The van der Waals surface area contributed by atoms with Crippen molar-refractivity contribution in [3.05, 3.63) is 18.2 Å². The van der Waals surface area contributed by atoms with Crippen molar-refractivity contribution in [1.82, 2.24) is 15.0 Å². The van der Waals surface area contributed by atoms with Crippen LogP contribution in [0.5, 0.6) is 0 Å². The van der Waals surface area contributed by atoms with Gasteiger partial charge < -0.3 is 4.57 Å². The Hall–Kier alpha value is -0.870. The second kappa shape index (κ2) is 4.11. The lowest BCUT2D eigenvalue weighted by Crippen LogP contribution is -2.29. The zero-order valence-electron chi connectivity index (χ0n) is 8.61. The largest absolute Gasteiger partial charge is 0.336 e. The highest BCUT2D eigenvalue weighted by atomic mass is 15.2. The SMILES string of the molecule is Cn1cncc1C(CCC1CC1)NN. The van der Waals surface area contributed by atoms with Gasteiger partial charge in [-0.15, -0.1) is 0 Å². The van der Waals surface area contributed by atoms with E-state index in [0.29, 0.717) is 0 Å². The van der Waals surface area contributed by atoms with E-state index in [0.717, 1.165) is 12.3 Å². The summed E-state index contributed by atoms with van der Waals surface area (Å²) in [4.78, 5) is 4.10. The Bertz CT molecular complexity index is 290. The Morgan fingerprint density at radius 1 is 1.71 bits per heavy atom. The third kappa shape index (κ3) is 2.13. The number of nitrogens with two attached hydrogens (primary N) is 1. The molecule has 1 aromatic rings. The number of rotatable bonds is 5. The molecule has 1 saturated carbocycles. The molecule has 0 aromatic carbocycles. The van der Waals surface area contributed by atoms with E-state index in [1.165, 1.54) is 25.0 Å². The molecule has 0 amide bonds. The minimum atomic E-state index is 0.253. The summed E-state index contributed by atoms with van der Waals surface area (Å²) < 4.78 is 2.03. The highest BCUT2D eigenvalue weighted by Crippen LogP contribution is 2.35. The van der Waals surface area contributed by atoms with E-state index in [-0.39, 0.29) is 6.04 Å². The van der Waals surface area contributed by atoms with Crippen LogP contribution in [0.3, 0.4) is 0 Å². The van der Waals surface area contributed by atoms with Gasteiger partial charge in [0.15, 0.2) is 0 Å². The van der Waals surface area contributed by atoms with Crippen LogP contribution in [-0.2, 0) is 7.05 Å². The molecule has 1 atom stereocenters. The quantitative estimate of drug-likeness (QED) is 0.545. The van der Waals surface area contributed by atoms with Gasteiger partial charge in [-0.05, 0) is 18.8 Å². The highest BCUT2D eigenvalue weighted by molar-refractivity contribution is 5.04. The summed E-state index contributed by atoms with van der Waals surface area (Å²) in [5.74, 6) is 6.51. The average molecular weight is 194 g/mol. The van der Waals surface area contributed by atoms with Crippen LogP contribution in [0.25, 0.3) is 0 Å². The summed E-state index contributed by atoms with van der Waals surface area (Å²) >= 11 is 0. The van der Waals surface area contributed by atoms with Crippen LogP contribution in [-0.4, -0.2) is 9.55 Å². The summed E-state index contributed by atoms with van der Waals surface area (Å²) in [5, 5.41) is 0. The lowest BCUT2D eigenvalue weighted by atomic mass is 10.1. The van der Waals surface area contributed by atoms with E-state index in [4.69, 9.17) is 5.84 Å². The molecule has 1 aliphatic carbocycles. The number of nitrogens with zero attached hydrogens (tertiary/aromatic N) is 2. The molecule has 1 fully saturated rings. The lowest BCUT2D eigenvalue weighted by Gasteiger charge is -2.15. The maximum atomic E-state index is 5.55. The van der Waals surface area contributed by atoms with Gasteiger partial charge in [-0.2, -0.15) is 0 Å². The molecule has 78 valence electrons. The molecule has 1 aromatic heterocycles. The number of imidazole rings is 1. The van der Waals surface area contributed by atoms with Crippen molar-refractivity contribution < 1.29 is 0 Å². The average Bonchev–Trinajstić information content (AvgIpc) is 2.92. The highest BCUT2D eigenvalue weighted by Gasteiger charge is 2.23. The van der Waals surface area contributed by atoms with E-state index in [1.54, 1.807) is 0 Å². The molecule has 14 heavy (non-hydrogen) atoms. The van der Waals surface area contributed by atoms with Crippen LogP contribution in [0.2, 0.25) is 0 Å². The van der Waals surface area contributed by atoms with E-state index >= 15 is 0 Å². The van der Waals surface area contributed by atoms with Crippen molar-refractivity contribution in [2.45, 2.75) is 31.7 Å². The summed E-state index contributed by atoms with van der Waals surface area (Å²) in [6, 6.07) is 0.253. The monoisotopic (exact) mass is 194 g/mol. The summed E-state index contributed by atoms with van der Waals surface area (Å²) in [6.07, 6.45) is 8.90. The Morgan fingerprint density at radius 3 is 3.00 bits per heavy atom. The molecular formula is C10H18N4. The first-order valence-corrected chi connectivity index (χ1v) is 5.23. The second-order valence-corrected chi connectivity index (χ2v) is 4.17. The molecule has 2 rings (SSSR count). The first kappa shape index (κ1) is 9.68. The Kier molecular flexibility index (Phi) is 2.84. The fourth-order valence-corrected chi connectivity index (χ4v) is 1.83. The third-order valence-electron chi connectivity index (χ3n) is 2.97. The summed E-state index contributed by atoms with van der Waals surface area (Å²) in [7, 11) is 2.00. The van der Waals surface area contributed by atoms with Crippen LogP contribution in [0.4, 0.5) is 0 Å². The van der Waals surface area contributed by atoms with Gasteiger partial charge >= 0.3 is 0 Å². The number of hydrogen-bond acceptors (Lipinski definition) is 3. The van der Waals surface area contributed by atoms with E-state index < -0.39 is 0 Å². The molecule has 0 saturated heterocycles. The van der Waals surface area contributed by atoms with Gasteiger partial charge in [0.2, 0.25) is 0 Å². The van der Waals surface area contributed by atoms with Crippen LogP contribution in [0.1, 0.15) is 37.4 Å². The van der Waals surface area contributed by atoms with Crippen molar-refractivity contribution in [3.8, 4) is 0 Å². The number of aromatic nitrogens is 2. The van der Waals surface area contributed by atoms with Crippen LogP contribution < -0.4 is 11.3 Å². The number of aryl methyl sites for hydroxylation is 1. The topological polar surface area (TPSA) is 55.9 Å². The van der Waals surface area contributed by atoms with Gasteiger partial charge in [-0.3, -0.25) is 11.3 Å². The number of nitrogens with one attached hydrogen (secondary N) is 1. The molecule has 0 bridgehead atoms. The minimum Gasteiger partial charge on any atom is -0.336 e. The summed E-state index contributed by atoms with van der Waals surface area (Å²) in [5.41, 5.74) is 4.04. The van der Waals surface area contributed by atoms with Crippen LogP contribution >= 0.6 is 0 Å². The molecule has 4 heteroatoms. The molecular weight excluding hydrogens is 176 g/mol. The van der Waals surface area contributed by atoms with E-state index in [1.807, 2.05) is 24.1 Å². The number of hydrogen-bond donors (Lipinski definition) is 2. The predicted octanol–water partition coefficient (Wildman–Crippen LogP) is 1.11. The van der Waals surface area contributed by atoms with Gasteiger partial charge in [0, 0.05) is 13.2 Å². The van der Waals surface area contributed by atoms with Crippen LogP contribution in [0.15, 0.2) is 12.5 Å². The smallest absolute Gasteiger partial charge is 0.0946 e. The number of hydrazine groups is 1. The van der Waals surface area contributed by atoms with Crippen molar-refractivity contribution in [3.63, 3.8) is 0 Å². The molecule has 0 spiro atoms. The molecule has 3 N–H and O–H groups in total. The van der Waals surface area contributed by atoms with Crippen molar-refractivity contribution in [2.75, 3.05) is 0 Å². The van der Waals surface area contributed by atoms with Crippen molar-refractivity contribution in [2.24, 2.45) is 18.8 Å². The zero-order valence-corrected chi connectivity index (χ0v) is 8.61. The fraction of sp³-hybridized carbons (Fsp3) is 0.700. The van der Waals surface area contributed by atoms with Gasteiger partial charge in [-0.1, -0.05) is 12.8 Å². The maximum absolute atomic E-state index is 5.55. The van der Waals surface area contributed by atoms with Gasteiger partial charge in [0.25, 0.3) is 0 Å². The maximum Gasteiger partial charge on any atom is 0.0946 e. The first-order valence-electron chi connectivity index (χ1n) is 5.23. The van der Waals surface area contributed by atoms with E-state index in [2.05, 4.69) is 10.4 Å². The molecule has 0 radical (unpaired) electrons. The normalized spacial score (nSPS) is 18.4. The lowest BCUT2D eigenvalue weighted by molar-refractivity contribution is 0.462. The minimum absolute atomic E-state index is 0.253.